The number of hydrogen-bond acceptors (Lipinski definition) is 3. The summed E-state index contributed by atoms with van der Waals surface area (Å²) >= 11 is 0. The zero-order chi connectivity index (χ0) is 15.3. The van der Waals surface area contributed by atoms with Crippen LogP contribution in [0, 0.1) is 11.8 Å². The van der Waals surface area contributed by atoms with Crippen LogP contribution in [0.5, 0.6) is 0 Å². The van der Waals surface area contributed by atoms with Crippen LogP contribution in [0.15, 0.2) is 48.5 Å². The number of hydrogen-bond donors (Lipinski definition) is 0. The maximum absolute atomic E-state index is 12.4. The van der Waals surface area contributed by atoms with Gasteiger partial charge in [-0.05, 0) is 22.3 Å². The summed E-state index contributed by atoms with van der Waals surface area (Å²) in [4.78, 5) is 24.2. The number of carbonyl (C=O) groups excluding carboxylic acids is 2. The molecule has 2 atom stereocenters. The summed E-state index contributed by atoms with van der Waals surface area (Å²) in [5.74, 6) is -1.24. The minimum atomic E-state index is -0.433. The molecule has 0 saturated carbocycles. The van der Waals surface area contributed by atoms with Gasteiger partial charge in [0.2, 0.25) is 0 Å². The molecule has 2 bridgehead atoms. The summed E-state index contributed by atoms with van der Waals surface area (Å²) in [5, 5.41) is 0. The number of esters is 1. The van der Waals surface area contributed by atoms with E-state index in [0.717, 1.165) is 17.4 Å². The molecule has 0 saturated heterocycles. The van der Waals surface area contributed by atoms with Crippen molar-refractivity contribution in [2.45, 2.75) is 11.8 Å². The van der Waals surface area contributed by atoms with Crippen molar-refractivity contribution in [2.75, 3.05) is 7.11 Å². The van der Waals surface area contributed by atoms with E-state index in [4.69, 9.17) is 4.74 Å². The van der Waals surface area contributed by atoms with Gasteiger partial charge in [-0.3, -0.25) is 4.79 Å². The van der Waals surface area contributed by atoms with Crippen molar-refractivity contribution >= 4 is 12.3 Å². The van der Waals surface area contributed by atoms with Crippen LogP contribution < -0.4 is 0 Å². The quantitative estimate of drug-likeness (QED) is 0.631. The molecule has 0 spiro atoms. The summed E-state index contributed by atoms with van der Waals surface area (Å²) in [6.07, 6.45) is 0.936. The van der Waals surface area contributed by atoms with Gasteiger partial charge in [-0.1, -0.05) is 48.5 Å². The van der Waals surface area contributed by atoms with Crippen molar-refractivity contribution < 1.29 is 14.3 Å². The Morgan fingerprint density at radius 1 is 0.909 bits per heavy atom. The van der Waals surface area contributed by atoms with E-state index in [1.807, 2.05) is 24.3 Å². The smallest absolute Gasteiger partial charge is 0.310 e. The molecule has 3 nitrogen and oxygen atoms in total. The molecule has 110 valence electrons. The maximum atomic E-state index is 12.4. The van der Waals surface area contributed by atoms with Gasteiger partial charge in [-0.2, -0.15) is 0 Å². The second-order valence-corrected chi connectivity index (χ2v) is 5.98. The van der Waals surface area contributed by atoms with E-state index < -0.39 is 5.92 Å². The molecule has 22 heavy (non-hydrogen) atoms. The van der Waals surface area contributed by atoms with Gasteiger partial charge < -0.3 is 9.53 Å². The summed E-state index contributed by atoms with van der Waals surface area (Å²) in [6.45, 7) is 0. The average molecular weight is 292 g/mol. The minimum absolute atomic E-state index is 0.0565. The van der Waals surface area contributed by atoms with Gasteiger partial charge in [-0.25, -0.2) is 0 Å². The lowest BCUT2D eigenvalue weighted by Gasteiger charge is -2.47. The predicted octanol–water partition coefficient (Wildman–Crippen LogP) is 2.88. The Hall–Kier alpha value is -2.42. The van der Waals surface area contributed by atoms with Crippen LogP contribution in [-0.4, -0.2) is 19.4 Å². The summed E-state index contributed by atoms with van der Waals surface area (Å²) < 4.78 is 5.01. The van der Waals surface area contributed by atoms with Crippen LogP contribution >= 0.6 is 0 Å². The molecule has 0 fully saturated rings. The van der Waals surface area contributed by atoms with Crippen molar-refractivity contribution in [3.63, 3.8) is 0 Å². The molecule has 5 rings (SSSR count). The van der Waals surface area contributed by atoms with E-state index in [1.54, 1.807) is 0 Å². The molecule has 0 aromatic heterocycles. The summed E-state index contributed by atoms with van der Waals surface area (Å²) in [6, 6.07) is 16.3. The van der Waals surface area contributed by atoms with Crippen molar-refractivity contribution in [1.29, 1.82) is 0 Å². The Balaban J connectivity index is 2.02. The number of methoxy groups -OCH3 is 1. The van der Waals surface area contributed by atoms with Gasteiger partial charge >= 0.3 is 5.97 Å². The minimum Gasteiger partial charge on any atom is -0.469 e. The topological polar surface area (TPSA) is 43.4 Å². The monoisotopic (exact) mass is 292 g/mol. The molecule has 2 aromatic carbocycles. The highest BCUT2D eigenvalue weighted by molar-refractivity contribution is 5.83. The molecule has 0 amide bonds. The lowest BCUT2D eigenvalue weighted by molar-refractivity contribution is -0.150. The second-order valence-electron chi connectivity index (χ2n) is 5.98. The van der Waals surface area contributed by atoms with E-state index in [0.29, 0.717) is 0 Å². The fourth-order valence-electron chi connectivity index (χ4n) is 4.31. The fraction of sp³-hybridized carbons (Fsp3) is 0.263. The first-order chi connectivity index (χ1) is 10.8. The molecule has 0 aliphatic heterocycles. The van der Waals surface area contributed by atoms with Crippen LogP contribution in [0.25, 0.3) is 0 Å². The Morgan fingerprint density at radius 2 is 1.36 bits per heavy atom. The number of ether oxygens (including phenoxy) is 1. The highest BCUT2D eigenvalue weighted by atomic mass is 16.5. The van der Waals surface area contributed by atoms with Gasteiger partial charge in [0, 0.05) is 17.8 Å². The van der Waals surface area contributed by atoms with Gasteiger partial charge in [0.15, 0.2) is 0 Å². The fourth-order valence-corrected chi connectivity index (χ4v) is 4.31. The third-order valence-electron chi connectivity index (χ3n) is 5.12. The molecule has 0 N–H and O–H groups in total. The highest BCUT2D eigenvalue weighted by Crippen LogP contribution is 2.57. The van der Waals surface area contributed by atoms with Gasteiger partial charge in [-0.15, -0.1) is 0 Å². The normalized spacial score (nSPS) is 27.7. The first-order valence-electron chi connectivity index (χ1n) is 7.48. The molecule has 3 aliphatic carbocycles. The average Bonchev–Trinajstić information content (AvgIpc) is 2.60. The molecule has 0 unspecified atom stereocenters. The van der Waals surface area contributed by atoms with E-state index in [2.05, 4.69) is 24.3 Å². The number of fused-ring (bicyclic) bond motifs is 1. The Bertz CT molecular complexity index is 717. The third-order valence-corrected chi connectivity index (χ3v) is 5.12. The van der Waals surface area contributed by atoms with E-state index in [-0.39, 0.29) is 23.7 Å². The van der Waals surface area contributed by atoms with E-state index >= 15 is 0 Å². The molecule has 3 heteroatoms. The van der Waals surface area contributed by atoms with Crippen LogP contribution in [0.2, 0.25) is 0 Å². The molecular weight excluding hydrogens is 276 g/mol. The van der Waals surface area contributed by atoms with Crippen molar-refractivity contribution in [2.24, 2.45) is 11.8 Å². The van der Waals surface area contributed by atoms with E-state index in [1.165, 1.54) is 18.2 Å². The largest absolute Gasteiger partial charge is 0.469 e. The molecule has 0 radical (unpaired) electrons. The molecule has 2 aromatic rings. The van der Waals surface area contributed by atoms with Crippen LogP contribution in [0.4, 0.5) is 0 Å². The van der Waals surface area contributed by atoms with Gasteiger partial charge in [0.25, 0.3) is 0 Å². The first kappa shape index (κ1) is 13.3. The van der Waals surface area contributed by atoms with Crippen molar-refractivity contribution in [3.05, 3.63) is 70.8 Å². The zero-order valence-corrected chi connectivity index (χ0v) is 12.2. The number of benzene rings is 2. The molecule has 3 aliphatic rings. The Morgan fingerprint density at radius 3 is 1.77 bits per heavy atom. The summed E-state index contributed by atoms with van der Waals surface area (Å²) in [7, 11) is 1.39. The van der Waals surface area contributed by atoms with Crippen molar-refractivity contribution in [1.82, 2.24) is 0 Å². The number of aldehydes is 1. The number of carbonyl (C=O) groups is 2. The molecule has 0 heterocycles. The Labute approximate surface area is 128 Å². The Kier molecular flexibility index (Phi) is 2.89. The first-order valence-corrected chi connectivity index (χ1v) is 7.48. The number of rotatable bonds is 2. The van der Waals surface area contributed by atoms with Crippen molar-refractivity contribution in [3.8, 4) is 0 Å². The summed E-state index contributed by atoms with van der Waals surface area (Å²) in [5.41, 5.74) is 4.64. The lowest BCUT2D eigenvalue weighted by Crippen LogP contribution is -2.44. The van der Waals surface area contributed by atoms with Crippen LogP contribution in [0.3, 0.4) is 0 Å². The van der Waals surface area contributed by atoms with Gasteiger partial charge in [0.05, 0.1) is 13.0 Å². The lowest BCUT2D eigenvalue weighted by atomic mass is 9.54. The predicted molar refractivity (Wildman–Crippen MR) is 81.6 cm³/mol. The standard InChI is InChI=1S/C19H16O3/c1-22-19(21)18-15(10-20)16-11-6-2-4-8-13(11)17(18)14-9-5-3-7-12(14)16/h2-10,15-18H,1H3/t15-,16?,17?,18+/m0/s1. The van der Waals surface area contributed by atoms with Gasteiger partial charge in [0.1, 0.15) is 6.29 Å². The highest BCUT2D eigenvalue weighted by Gasteiger charge is 2.52. The SMILES string of the molecule is COC(=O)[C@H]1C2c3ccccc3C(c3ccccc32)[C@@H]1C=O. The van der Waals surface area contributed by atoms with E-state index in [9.17, 15) is 9.59 Å². The van der Waals surface area contributed by atoms with Crippen LogP contribution in [-0.2, 0) is 14.3 Å². The van der Waals surface area contributed by atoms with Crippen LogP contribution in [0.1, 0.15) is 34.1 Å². The second kappa shape index (κ2) is 4.80. The molecular formula is C19H16O3. The maximum Gasteiger partial charge on any atom is 0.310 e. The zero-order valence-electron chi connectivity index (χ0n) is 12.2. The third kappa shape index (κ3) is 1.56.